The molecular weight excluding hydrogens is 378 g/mol. The number of carbonyl (C=O) groups excluding carboxylic acids is 2. The van der Waals surface area contributed by atoms with E-state index in [1.807, 2.05) is 18.2 Å². The monoisotopic (exact) mass is 400 g/mol. The first-order valence-corrected chi connectivity index (χ1v) is 9.51. The first kappa shape index (κ1) is 20.4. The molecule has 0 spiro atoms. The van der Waals surface area contributed by atoms with Gasteiger partial charge < -0.3 is 20.3 Å². The third-order valence-corrected chi connectivity index (χ3v) is 5.34. The highest BCUT2D eigenvalue weighted by Crippen LogP contribution is 2.29. The summed E-state index contributed by atoms with van der Waals surface area (Å²) in [6.45, 7) is 4.31. The van der Waals surface area contributed by atoms with Gasteiger partial charge in [-0.1, -0.05) is 23.7 Å². The third-order valence-electron chi connectivity index (χ3n) is 5.10. The van der Waals surface area contributed by atoms with Crippen molar-refractivity contribution in [3.63, 3.8) is 0 Å². The van der Waals surface area contributed by atoms with Crippen LogP contribution >= 0.6 is 11.6 Å². The lowest BCUT2D eigenvalue weighted by Crippen LogP contribution is -2.34. The van der Waals surface area contributed by atoms with Gasteiger partial charge in [-0.3, -0.25) is 9.59 Å². The Bertz CT molecular complexity index is 891. The van der Waals surface area contributed by atoms with E-state index >= 15 is 0 Å². The topological polar surface area (TPSA) is 89.9 Å². The number of amides is 1. The minimum atomic E-state index is -1.75. The summed E-state index contributed by atoms with van der Waals surface area (Å²) in [5.41, 5.74) is 2.77. The lowest BCUT2D eigenvalue weighted by atomic mass is 9.77. The quantitative estimate of drug-likeness (QED) is 0.504. The average Bonchev–Trinajstić information content (AvgIpc) is 3.16. The second-order valence-corrected chi connectivity index (χ2v) is 7.51. The summed E-state index contributed by atoms with van der Waals surface area (Å²) in [7, 11) is -1.75. The van der Waals surface area contributed by atoms with Gasteiger partial charge in [-0.25, -0.2) is 0 Å². The molecule has 0 aliphatic carbocycles. The van der Waals surface area contributed by atoms with E-state index in [0.29, 0.717) is 29.3 Å². The molecule has 0 aromatic heterocycles. The van der Waals surface area contributed by atoms with Gasteiger partial charge in [-0.15, -0.1) is 0 Å². The number of hydrogen-bond donors (Lipinski definition) is 3. The standard InChI is InChI=1S/C20H22BClN2O4/c1-13-2-4-17(22)9-19(13)24-7-6-14(11-24)10-23-20(26)15-3-5-18(21(27)28)16(8-15)12-25/h2-5,8-9,12,14,27-28H,6-7,10-11H2,1H3,(H,23,26). The number of nitrogens with zero attached hydrogens (tertiary/aromatic N) is 1. The highest BCUT2D eigenvalue weighted by atomic mass is 35.5. The van der Waals surface area contributed by atoms with Crippen LogP contribution < -0.4 is 15.7 Å². The highest BCUT2D eigenvalue weighted by Gasteiger charge is 2.25. The van der Waals surface area contributed by atoms with Gasteiger partial charge in [0.05, 0.1) is 0 Å². The minimum Gasteiger partial charge on any atom is -0.423 e. The van der Waals surface area contributed by atoms with Crippen LogP contribution in [0.25, 0.3) is 0 Å². The lowest BCUT2D eigenvalue weighted by molar-refractivity contribution is 0.0948. The summed E-state index contributed by atoms with van der Waals surface area (Å²) in [4.78, 5) is 25.8. The number of hydrogen-bond acceptors (Lipinski definition) is 5. The number of aldehydes is 1. The molecule has 1 atom stereocenters. The second-order valence-electron chi connectivity index (χ2n) is 7.08. The molecule has 2 aromatic carbocycles. The number of aryl methyl sites for hydroxylation is 1. The number of carbonyl (C=O) groups is 2. The van der Waals surface area contributed by atoms with Gasteiger partial charge in [0.2, 0.25) is 0 Å². The fraction of sp³-hybridized carbons (Fsp3) is 0.300. The number of nitrogens with one attached hydrogen (secondary N) is 1. The van der Waals surface area contributed by atoms with Crippen LogP contribution in [0.1, 0.15) is 32.7 Å². The molecule has 0 radical (unpaired) electrons. The fourth-order valence-electron chi connectivity index (χ4n) is 3.53. The Morgan fingerprint density at radius 2 is 2.11 bits per heavy atom. The molecule has 8 heteroatoms. The van der Waals surface area contributed by atoms with Gasteiger partial charge in [0, 0.05) is 41.5 Å². The summed E-state index contributed by atoms with van der Waals surface area (Å²) in [5, 5.41) is 22.1. The lowest BCUT2D eigenvalue weighted by Gasteiger charge is -2.21. The highest BCUT2D eigenvalue weighted by molar-refractivity contribution is 6.60. The first-order chi connectivity index (χ1) is 13.4. The van der Waals surface area contributed by atoms with Crippen molar-refractivity contribution in [1.29, 1.82) is 0 Å². The van der Waals surface area contributed by atoms with Crippen molar-refractivity contribution in [1.82, 2.24) is 5.32 Å². The summed E-state index contributed by atoms with van der Waals surface area (Å²) in [6.07, 6.45) is 1.47. The maximum absolute atomic E-state index is 12.4. The molecule has 2 aromatic rings. The van der Waals surface area contributed by atoms with Gasteiger partial charge in [0.15, 0.2) is 0 Å². The van der Waals surface area contributed by atoms with Crippen LogP contribution in [0.15, 0.2) is 36.4 Å². The van der Waals surface area contributed by atoms with Crippen LogP contribution in [0.2, 0.25) is 5.02 Å². The molecule has 3 N–H and O–H groups in total. The van der Waals surface area contributed by atoms with Crippen molar-refractivity contribution in [2.75, 3.05) is 24.5 Å². The van der Waals surface area contributed by atoms with E-state index in [9.17, 15) is 19.6 Å². The van der Waals surface area contributed by atoms with E-state index in [0.717, 1.165) is 25.2 Å². The van der Waals surface area contributed by atoms with Crippen molar-refractivity contribution >= 4 is 42.1 Å². The normalized spacial score (nSPS) is 16.1. The van der Waals surface area contributed by atoms with Crippen LogP contribution in [0, 0.1) is 12.8 Å². The summed E-state index contributed by atoms with van der Waals surface area (Å²) in [6, 6.07) is 10.1. The summed E-state index contributed by atoms with van der Waals surface area (Å²) in [5.74, 6) is 0.0193. The van der Waals surface area contributed by atoms with Crippen molar-refractivity contribution in [3.05, 3.63) is 58.1 Å². The van der Waals surface area contributed by atoms with Crippen molar-refractivity contribution in [2.45, 2.75) is 13.3 Å². The number of rotatable bonds is 6. The van der Waals surface area contributed by atoms with Crippen molar-refractivity contribution < 1.29 is 19.6 Å². The summed E-state index contributed by atoms with van der Waals surface area (Å²) >= 11 is 6.12. The van der Waals surface area contributed by atoms with E-state index in [1.54, 1.807) is 0 Å². The Morgan fingerprint density at radius 3 is 2.82 bits per heavy atom. The Balaban J connectivity index is 1.60. The zero-order chi connectivity index (χ0) is 20.3. The molecule has 1 amide bonds. The second kappa shape index (κ2) is 8.77. The molecule has 0 bridgehead atoms. The van der Waals surface area contributed by atoms with E-state index in [1.165, 1.54) is 23.8 Å². The van der Waals surface area contributed by atoms with Gasteiger partial charge in [0.25, 0.3) is 5.91 Å². The largest absolute Gasteiger partial charge is 0.489 e. The van der Waals surface area contributed by atoms with E-state index in [2.05, 4.69) is 17.1 Å². The van der Waals surface area contributed by atoms with E-state index < -0.39 is 7.12 Å². The van der Waals surface area contributed by atoms with Gasteiger partial charge in [-0.2, -0.15) is 0 Å². The molecule has 1 heterocycles. The average molecular weight is 401 g/mol. The molecule has 1 saturated heterocycles. The van der Waals surface area contributed by atoms with Gasteiger partial charge in [0.1, 0.15) is 6.29 Å². The number of anilines is 1. The molecule has 146 valence electrons. The molecule has 6 nitrogen and oxygen atoms in total. The first-order valence-electron chi connectivity index (χ1n) is 9.13. The Kier molecular flexibility index (Phi) is 6.39. The summed E-state index contributed by atoms with van der Waals surface area (Å²) < 4.78 is 0. The molecule has 0 saturated carbocycles. The predicted octanol–water partition coefficient (Wildman–Crippen LogP) is 1.40. The van der Waals surface area contributed by atoms with Gasteiger partial charge >= 0.3 is 7.12 Å². The molecule has 1 aliphatic heterocycles. The van der Waals surface area contributed by atoms with Crippen LogP contribution in [0.3, 0.4) is 0 Å². The number of halogens is 1. The smallest absolute Gasteiger partial charge is 0.423 e. The van der Waals surface area contributed by atoms with Crippen LogP contribution in [0.5, 0.6) is 0 Å². The molecule has 1 fully saturated rings. The van der Waals surface area contributed by atoms with Crippen molar-refractivity contribution in [3.8, 4) is 0 Å². The molecule has 1 unspecified atom stereocenters. The van der Waals surface area contributed by atoms with Crippen LogP contribution in [-0.4, -0.2) is 49.0 Å². The molecule has 28 heavy (non-hydrogen) atoms. The zero-order valence-corrected chi connectivity index (χ0v) is 16.3. The third kappa shape index (κ3) is 4.55. The fourth-order valence-corrected chi connectivity index (χ4v) is 3.70. The SMILES string of the molecule is Cc1ccc(Cl)cc1N1CCC(CNC(=O)c2ccc(B(O)O)c(C=O)c2)C1. The zero-order valence-electron chi connectivity index (χ0n) is 15.6. The molecule has 1 aliphatic rings. The van der Waals surface area contributed by atoms with Gasteiger partial charge in [-0.05, 0) is 54.6 Å². The molecular formula is C20H22BClN2O4. The Morgan fingerprint density at radius 1 is 1.32 bits per heavy atom. The molecule has 3 rings (SSSR count). The predicted molar refractivity (Wildman–Crippen MR) is 110 cm³/mol. The minimum absolute atomic E-state index is 0.0786. The van der Waals surface area contributed by atoms with Crippen molar-refractivity contribution in [2.24, 2.45) is 5.92 Å². The Hall–Kier alpha value is -2.35. The van der Waals surface area contributed by atoms with Crippen LogP contribution in [0.4, 0.5) is 5.69 Å². The Labute approximate surface area is 169 Å². The van der Waals surface area contributed by atoms with E-state index in [-0.39, 0.29) is 16.9 Å². The van der Waals surface area contributed by atoms with E-state index in [4.69, 9.17) is 11.6 Å². The van der Waals surface area contributed by atoms with Crippen LogP contribution in [-0.2, 0) is 0 Å². The maximum atomic E-state index is 12.4. The number of benzene rings is 2. The maximum Gasteiger partial charge on any atom is 0.489 e.